The normalized spacial score (nSPS) is 11.4. The third-order valence-corrected chi connectivity index (χ3v) is 2.83. The minimum Gasteiger partial charge on any atom is -0.299 e. The van der Waals surface area contributed by atoms with Crippen LogP contribution in [0.3, 0.4) is 0 Å². The van der Waals surface area contributed by atoms with E-state index in [0.717, 1.165) is 12.8 Å². The minimum atomic E-state index is -0.185. The van der Waals surface area contributed by atoms with E-state index in [9.17, 15) is 4.79 Å². The Kier molecular flexibility index (Phi) is 3.45. The van der Waals surface area contributed by atoms with Crippen molar-refractivity contribution in [2.75, 3.05) is 0 Å². The second-order valence-electron chi connectivity index (χ2n) is 4.43. The van der Waals surface area contributed by atoms with E-state index in [0.29, 0.717) is 0 Å². The molecule has 0 aliphatic heterocycles. The first kappa shape index (κ1) is 11.0. The number of rotatable bonds is 4. The Balaban J connectivity index is 2.53. The van der Waals surface area contributed by atoms with Crippen molar-refractivity contribution in [2.24, 2.45) is 5.41 Å². The third kappa shape index (κ3) is 2.99. The van der Waals surface area contributed by atoms with Crippen LogP contribution in [0.2, 0.25) is 0 Å². The molecule has 0 heterocycles. The molecule has 1 heteroatoms. The van der Waals surface area contributed by atoms with E-state index in [1.165, 1.54) is 5.56 Å². The van der Waals surface area contributed by atoms with Gasteiger partial charge in [-0.05, 0) is 25.3 Å². The standard InChI is InChI=1S/C13H18O/c1-11(14)13(2,3)10-9-12-7-5-4-6-8-12/h4-8H,9-10H2,1-3H3. The Hall–Kier alpha value is -1.11. The van der Waals surface area contributed by atoms with Gasteiger partial charge in [-0.3, -0.25) is 4.79 Å². The second kappa shape index (κ2) is 4.41. The molecule has 14 heavy (non-hydrogen) atoms. The first-order chi connectivity index (χ1) is 6.52. The van der Waals surface area contributed by atoms with Gasteiger partial charge in [0, 0.05) is 5.41 Å². The van der Waals surface area contributed by atoms with Crippen molar-refractivity contribution in [1.29, 1.82) is 0 Å². The molecule has 1 rings (SSSR count). The van der Waals surface area contributed by atoms with Crippen LogP contribution in [0.25, 0.3) is 0 Å². The fourth-order valence-corrected chi connectivity index (χ4v) is 1.28. The van der Waals surface area contributed by atoms with Crippen LogP contribution in [0.4, 0.5) is 0 Å². The molecule has 0 atom stereocenters. The lowest BCUT2D eigenvalue weighted by Gasteiger charge is -2.20. The molecule has 0 aromatic heterocycles. The summed E-state index contributed by atoms with van der Waals surface area (Å²) in [5, 5.41) is 0. The number of carbonyl (C=O) groups is 1. The topological polar surface area (TPSA) is 17.1 Å². The highest BCUT2D eigenvalue weighted by atomic mass is 16.1. The van der Waals surface area contributed by atoms with Crippen LogP contribution in [0, 0.1) is 5.41 Å². The molecule has 1 nitrogen and oxygen atoms in total. The zero-order chi connectivity index (χ0) is 10.6. The molecule has 0 saturated carbocycles. The minimum absolute atomic E-state index is 0.185. The summed E-state index contributed by atoms with van der Waals surface area (Å²) in [6.45, 7) is 5.70. The molecule has 0 aliphatic rings. The fourth-order valence-electron chi connectivity index (χ4n) is 1.28. The van der Waals surface area contributed by atoms with E-state index in [4.69, 9.17) is 0 Å². The van der Waals surface area contributed by atoms with Gasteiger partial charge >= 0.3 is 0 Å². The SMILES string of the molecule is CC(=O)C(C)(C)CCc1ccccc1. The van der Waals surface area contributed by atoms with Gasteiger partial charge in [-0.25, -0.2) is 0 Å². The predicted molar refractivity (Wildman–Crippen MR) is 59.2 cm³/mol. The first-order valence-corrected chi connectivity index (χ1v) is 5.07. The average Bonchev–Trinajstić information content (AvgIpc) is 2.16. The summed E-state index contributed by atoms with van der Waals surface area (Å²) in [7, 11) is 0. The maximum absolute atomic E-state index is 11.3. The molecule has 76 valence electrons. The predicted octanol–water partition coefficient (Wildman–Crippen LogP) is 3.23. The summed E-state index contributed by atoms with van der Waals surface area (Å²) in [5.41, 5.74) is 1.12. The summed E-state index contributed by atoms with van der Waals surface area (Å²) >= 11 is 0. The van der Waals surface area contributed by atoms with Crippen molar-refractivity contribution < 1.29 is 4.79 Å². The first-order valence-electron chi connectivity index (χ1n) is 5.07. The largest absolute Gasteiger partial charge is 0.299 e. The molecular formula is C13H18O. The number of benzene rings is 1. The number of carbonyl (C=O) groups excluding carboxylic acids is 1. The van der Waals surface area contributed by atoms with Crippen LogP contribution in [0.1, 0.15) is 32.8 Å². The van der Waals surface area contributed by atoms with Crippen molar-refractivity contribution >= 4 is 5.78 Å². The van der Waals surface area contributed by atoms with Crippen LogP contribution in [0.5, 0.6) is 0 Å². The van der Waals surface area contributed by atoms with Gasteiger partial charge in [0.25, 0.3) is 0 Å². The van der Waals surface area contributed by atoms with Crippen LogP contribution >= 0.6 is 0 Å². The molecule has 0 saturated heterocycles. The molecule has 0 amide bonds. The van der Waals surface area contributed by atoms with Gasteiger partial charge in [-0.15, -0.1) is 0 Å². The third-order valence-electron chi connectivity index (χ3n) is 2.83. The van der Waals surface area contributed by atoms with E-state index in [1.807, 2.05) is 32.0 Å². The van der Waals surface area contributed by atoms with Crippen molar-refractivity contribution in [2.45, 2.75) is 33.6 Å². The van der Waals surface area contributed by atoms with Crippen LogP contribution in [-0.4, -0.2) is 5.78 Å². The highest BCUT2D eigenvalue weighted by Crippen LogP contribution is 2.23. The van der Waals surface area contributed by atoms with Crippen LogP contribution < -0.4 is 0 Å². The van der Waals surface area contributed by atoms with Crippen molar-refractivity contribution in [1.82, 2.24) is 0 Å². The van der Waals surface area contributed by atoms with E-state index < -0.39 is 0 Å². The van der Waals surface area contributed by atoms with E-state index >= 15 is 0 Å². The number of hydrogen-bond acceptors (Lipinski definition) is 1. The zero-order valence-electron chi connectivity index (χ0n) is 9.21. The molecule has 0 spiro atoms. The number of hydrogen-bond donors (Lipinski definition) is 0. The summed E-state index contributed by atoms with van der Waals surface area (Å²) in [6, 6.07) is 10.3. The second-order valence-corrected chi connectivity index (χ2v) is 4.43. The smallest absolute Gasteiger partial charge is 0.135 e. The Morgan fingerprint density at radius 3 is 2.29 bits per heavy atom. The number of Topliss-reactive ketones (excluding diaryl/α,β-unsaturated/α-hetero) is 1. The van der Waals surface area contributed by atoms with Crippen molar-refractivity contribution in [3.05, 3.63) is 35.9 Å². The number of ketones is 1. The average molecular weight is 190 g/mol. The van der Waals surface area contributed by atoms with Crippen LogP contribution in [-0.2, 0) is 11.2 Å². The van der Waals surface area contributed by atoms with E-state index in [2.05, 4.69) is 12.1 Å². The molecule has 0 radical (unpaired) electrons. The molecule has 0 fully saturated rings. The zero-order valence-corrected chi connectivity index (χ0v) is 9.21. The molecule has 0 aliphatic carbocycles. The van der Waals surface area contributed by atoms with Gasteiger partial charge in [0.2, 0.25) is 0 Å². The Morgan fingerprint density at radius 1 is 1.21 bits per heavy atom. The lowest BCUT2D eigenvalue weighted by molar-refractivity contribution is -0.125. The van der Waals surface area contributed by atoms with Gasteiger partial charge in [-0.1, -0.05) is 44.2 Å². The molecule has 1 aromatic rings. The maximum Gasteiger partial charge on any atom is 0.135 e. The highest BCUT2D eigenvalue weighted by molar-refractivity contribution is 5.81. The summed E-state index contributed by atoms with van der Waals surface area (Å²) in [6.07, 6.45) is 1.90. The number of aryl methyl sites for hydroxylation is 1. The maximum atomic E-state index is 11.3. The Labute approximate surface area is 86.1 Å². The fraction of sp³-hybridized carbons (Fsp3) is 0.462. The summed E-state index contributed by atoms with van der Waals surface area (Å²) in [5.74, 6) is 0.272. The Bertz CT molecular complexity index is 298. The lowest BCUT2D eigenvalue weighted by atomic mass is 9.83. The van der Waals surface area contributed by atoms with Crippen LogP contribution in [0.15, 0.2) is 30.3 Å². The van der Waals surface area contributed by atoms with Gasteiger partial charge in [-0.2, -0.15) is 0 Å². The molecule has 1 aromatic carbocycles. The van der Waals surface area contributed by atoms with Gasteiger partial charge in [0.1, 0.15) is 5.78 Å². The van der Waals surface area contributed by atoms with Gasteiger partial charge in [0.05, 0.1) is 0 Å². The summed E-state index contributed by atoms with van der Waals surface area (Å²) < 4.78 is 0. The molecule has 0 unspecified atom stereocenters. The Morgan fingerprint density at radius 2 is 1.79 bits per heavy atom. The van der Waals surface area contributed by atoms with E-state index in [1.54, 1.807) is 6.92 Å². The van der Waals surface area contributed by atoms with Crippen molar-refractivity contribution in [3.63, 3.8) is 0 Å². The van der Waals surface area contributed by atoms with Crippen molar-refractivity contribution in [3.8, 4) is 0 Å². The lowest BCUT2D eigenvalue weighted by Crippen LogP contribution is -2.21. The highest BCUT2D eigenvalue weighted by Gasteiger charge is 2.22. The van der Waals surface area contributed by atoms with Gasteiger partial charge < -0.3 is 0 Å². The monoisotopic (exact) mass is 190 g/mol. The van der Waals surface area contributed by atoms with Gasteiger partial charge in [0.15, 0.2) is 0 Å². The van der Waals surface area contributed by atoms with E-state index in [-0.39, 0.29) is 11.2 Å². The quantitative estimate of drug-likeness (QED) is 0.712. The molecular weight excluding hydrogens is 172 g/mol. The molecule has 0 N–H and O–H groups in total. The molecule has 0 bridgehead atoms. The summed E-state index contributed by atoms with van der Waals surface area (Å²) in [4.78, 5) is 11.3.